The summed E-state index contributed by atoms with van der Waals surface area (Å²) in [5.41, 5.74) is 2.08. The zero-order valence-corrected chi connectivity index (χ0v) is 17.5. The van der Waals surface area contributed by atoms with Crippen molar-refractivity contribution >= 4 is 51.0 Å². The summed E-state index contributed by atoms with van der Waals surface area (Å²) in [6.07, 6.45) is 1.72. The minimum atomic E-state index is -0.157. The lowest BCUT2D eigenvalue weighted by Gasteiger charge is -2.10. The summed E-state index contributed by atoms with van der Waals surface area (Å²) >= 11 is 15.8. The number of ketones is 1. The molecule has 28 heavy (non-hydrogen) atoms. The molecule has 0 bridgehead atoms. The maximum absolute atomic E-state index is 12.6. The minimum Gasteiger partial charge on any atom is -0.489 e. The average molecular weight is 476 g/mol. The number of halogens is 3. The van der Waals surface area contributed by atoms with E-state index < -0.39 is 0 Å². The predicted molar refractivity (Wildman–Crippen MR) is 114 cm³/mol. The number of hydrogen-bond acceptors (Lipinski definition) is 3. The molecule has 3 nitrogen and oxygen atoms in total. The highest BCUT2D eigenvalue weighted by Crippen LogP contribution is 2.35. The first-order valence-electron chi connectivity index (χ1n) is 8.41. The highest BCUT2D eigenvalue weighted by Gasteiger charge is 2.27. The van der Waals surface area contributed by atoms with Gasteiger partial charge in [0.1, 0.15) is 18.1 Å². The van der Waals surface area contributed by atoms with Crippen LogP contribution in [-0.2, 0) is 6.61 Å². The molecule has 0 aliphatic carbocycles. The summed E-state index contributed by atoms with van der Waals surface area (Å²) in [6, 6.07) is 18.1. The van der Waals surface area contributed by atoms with Crippen LogP contribution in [0.4, 0.5) is 0 Å². The highest BCUT2D eigenvalue weighted by molar-refractivity contribution is 9.10. The molecule has 0 amide bonds. The van der Waals surface area contributed by atoms with Crippen molar-refractivity contribution in [2.45, 2.75) is 6.61 Å². The van der Waals surface area contributed by atoms with E-state index in [2.05, 4.69) is 15.9 Å². The summed E-state index contributed by atoms with van der Waals surface area (Å²) in [5, 5.41) is 1.08. The molecule has 4 rings (SSSR count). The van der Waals surface area contributed by atoms with Crippen LogP contribution in [0.15, 0.2) is 70.9 Å². The predicted octanol–water partition coefficient (Wildman–Crippen LogP) is 6.95. The van der Waals surface area contributed by atoms with Crippen molar-refractivity contribution in [3.63, 3.8) is 0 Å². The Morgan fingerprint density at radius 1 is 1.00 bits per heavy atom. The molecule has 0 fully saturated rings. The average Bonchev–Trinajstić information content (AvgIpc) is 2.96. The van der Waals surface area contributed by atoms with E-state index in [9.17, 15) is 4.79 Å². The topological polar surface area (TPSA) is 35.5 Å². The van der Waals surface area contributed by atoms with Gasteiger partial charge in [0.25, 0.3) is 0 Å². The number of rotatable bonds is 4. The fourth-order valence-corrected chi connectivity index (χ4v) is 3.75. The van der Waals surface area contributed by atoms with Crippen molar-refractivity contribution in [3.05, 3.63) is 97.6 Å². The van der Waals surface area contributed by atoms with Crippen LogP contribution in [0.25, 0.3) is 6.08 Å². The zero-order chi connectivity index (χ0) is 19.7. The van der Waals surface area contributed by atoms with Gasteiger partial charge in [0.2, 0.25) is 5.78 Å². The SMILES string of the molecule is O=C1C(=Cc2cccc(Br)c2)Oc2cc(OCc3c(Cl)cccc3Cl)ccc21. The van der Waals surface area contributed by atoms with E-state index in [0.717, 1.165) is 10.0 Å². The van der Waals surface area contributed by atoms with Crippen LogP contribution in [0.2, 0.25) is 10.0 Å². The van der Waals surface area contributed by atoms with Gasteiger partial charge in [-0.3, -0.25) is 4.79 Å². The van der Waals surface area contributed by atoms with Gasteiger partial charge < -0.3 is 9.47 Å². The molecule has 3 aromatic rings. The Morgan fingerprint density at radius 3 is 2.50 bits per heavy atom. The summed E-state index contributed by atoms with van der Waals surface area (Å²) in [7, 11) is 0. The minimum absolute atomic E-state index is 0.157. The summed E-state index contributed by atoms with van der Waals surface area (Å²) in [4.78, 5) is 12.6. The van der Waals surface area contributed by atoms with Crippen LogP contribution in [0, 0.1) is 0 Å². The lowest BCUT2D eigenvalue weighted by atomic mass is 10.1. The largest absolute Gasteiger partial charge is 0.489 e. The third-order valence-electron chi connectivity index (χ3n) is 4.23. The molecule has 3 aromatic carbocycles. The molecule has 0 saturated heterocycles. The second-order valence-corrected chi connectivity index (χ2v) is 7.87. The smallest absolute Gasteiger partial charge is 0.231 e. The van der Waals surface area contributed by atoms with Gasteiger partial charge in [-0.25, -0.2) is 0 Å². The Hall–Kier alpha value is -2.27. The third-order valence-corrected chi connectivity index (χ3v) is 5.43. The van der Waals surface area contributed by atoms with E-state index in [1.165, 1.54) is 0 Å². The lowest BCUT2D eigenvalue weighted by molar-refractivity contribution is 0.101. The van der Waals surface area contributed by atoms with Gasteiger partial charge in [0, 0.05) is 26.1 Å². The molecule has 0 spiro atoms. The van der Waals surface area contributed by atoms with Gasteiger partial charge in [-0.15, -0.1) is 0 Å². The van der Waals surface area contributed by atoms with Gasteiger partial charge in [-0.05, 0) is 48.0 Å². The number of fused-ring (bicyclic) bond motifs is 1. The van der Waals surface area contributed by atoms with Gasteiger partial charge in [0.15, 0.2) is 5.76 Å². The summed E-state index contributed by atoms with van der Waals surface area (Å²) in [6.45, 7) is 0.214. The van der Waals surface area contributed by atoms with Crippen molar-refractivity contribution in [1.82, 2.24) is 0 Å². The number of allylic oxidation sites excluding steroid dienone is 1. The van der Waals surface area contributed by atoms with E-state index in [1.807, 2.05) is 24.3 Å². The van der Waals surface area contributed by atoms with Gasteiger partial charge in [0.05, 0.1) is 5.56 Å². The Labute approximate surface area is 180 Å². The molecule has 0 radical (unpaired) electrons. The van der Waals surface area contributed by atoms with Crippen LogP contribution in [0.5, 0.6) is 11.5 Å². The second kappa shape index (κ2) is 8.00. The van der Waals surface area contributed by atoms with Crippen LogP contribution in [-0.4, -0.2) is 5.78 Å². The van der Waals surface area contributed by atoms with Gasteiger partial charge in [-0.2, -0.15) is 0 Å². The number of hydrogen-bond donors (Lipinski definition) is 0. The van der Waals surface area contributed by atoms with Crippen LogP contribution in [0.3, 0.4) is 0 Å². The first-order chi connectivity index (χ1) is 13.5. The molecule has 0 N–H and O–H groups in total. The highest BCUT2D eigenvalue weighted by atomic mass is 79.9. The molecular weight excluding hydrogens is 463 g/mol. The first-order valence-corrected chi connectivity index (χ1v) is 9.96. The van der Waals surface area contributed by atoms with E-state index >= 15 is 0 Å². The fraction of sp³-hybridized carbons (Fsp3) is 0.0455. The van der Waals surface area contributed by atoms with Crippen molar-refractivity contribution in [1.29, 1.82) is 0 Å². The van der Waals surface area contributed by atoms with Crippen LogP contribution in [0.1, 0.15) is 21.5 Å². The number of carbonyl (C=O) groups is 1. The van der Waals surface area contributed by atoms with Crippen molar-refractivity contribution < 1.29 is 14.3 Å². The molecule has 1 aliphatic heterocycles. The van der Waals surface area contributed by atoms with E-state index in [4.69, 9.17) is 32.7 Å². The second-order valence-electron chi connectivity index (χ2n) is 6.14. The maximum atomic E-state index is 12.6. The Balaban J connectivity index is 1.54. The van der Waals surface area contributed by atoms with Gasteiger partial charge in [-0.1, -0.05) is 57.3 Å². The monoisotopic (exact) mass is 474 g/mol. The number of Topliss-reactive ketones (excluding diaryl/α,β-unsaturated/α-hetero) is 1. The molecule has 0 unspecified atom stereocenters. The Morgan fingerprint density at radius 2 is 1.75 bits per heavy atom. The van der Waals surface area contributed by atoms with Gasteiger partial charge >= 0.3 is 0 Å². The van der Waals surface area contributed by atoms with Crippen molar-refractivity contribution in [3.8, 4) is 11.5 Å². The molecular formula is C22H13BrCl2O3. The van der Waals surface area contributed by atoms with Crippen molar-refractivity contribution in [2.75, 3.05) is 0 Å². The quantitative estimate of drug-likeness (QED) is 0.383. The summed E-state index contributed by atoms with van der Waals surface area (Å²) in [5.74, 6) is 1.15. The Kier molecular flexibility index (Phi) is 5.44. The number of ether oxygens (including phenoxy) is 2. The molecule has 1 aliphatic rings. The normalized spacial score (nSPS) is 14.1. The molecule has 1 heterocycles. The van der Waals surface area contributed by atoms with Crippen LogP contribution < -0.4 is 9.47 Å². The molecule has 0 saturated carbocycles. The first kappa shape index (κ1) is 19.1. The van der Waals surface area contributed by atoms with E-state index in [-0.39, 0.29) is 18.1 Å². The molecule has 140 valence electrons. The lowest BCUT2D eigenvalue weighted by Crippen LogP contribution is -1.98. The molecule has 0 atom stereocenters. The standard InChI is InChI=1S/C22H13BrCl2O3/c23-14-4-1-3-13(9-14)10-21-22(26)16-8-7-15(11-20(16)28-21)27-12-17-18(24)5-2-6-19(17)25/h1-11H,12H2. The molecule has 6 heteroatoms. The van der Waals surface area contributed by atoms with E-state index in [0.29, 0.717) is 32.7 Å². The fourth-order valence-electron chi connectivity index (χ4n) is 2.83. The summed E-state index contributed by atoms with van der Waals surface area (Å²) < 4.78 is 12.5. The number of benzene rings is 3. The zero-order valence-electron chi connectivity index (χ0n) is 14.4. The van der Waals surface area contributed by atoms with E-state index in [1.54, 1.807) is 42.5 Å². The third kappa shape index (κ3) is 3.95. The van der Waals surface area contributed by atoms with Crippen LogP contribution >= 0.6 is 39.1 Å². The van der Waals surface area contributed by atoms with Crippen molar-refractivity contribution in [2.24, 2.45) is 0 Å². The molecule has 0 aromatic heterocycles. The number of carbonyl (C=O) groups excluding carboxylic acids is 1. The maximum Gasteiger partial charge on any atom is 0.231 e. The Bertz CT molecular complexity index is 1090.